The molecule has 0 spiro atoms. The van der Waals surface area contributed by atoms with Gasteiger partial charge in [0.1, 0.15) is 5.75 Å². The Bertz CT molecular complexity index is 325. The van der Waals surface area contributed by atoms with E-state index in [2.05, 4.69) is 27.8 Å². The van der Waals surface area contributed by atoms with Crippen LogP contribution >= 0.6 is 15.9 Å². The maximum Gasteiger partial charge on any atom is 0.115 e. The third-order valence-electron chi connectivity index (χ3n) is 1.97. The largest absolute Gasteiger partial charge is 0.508 e. The summed E-state index contributed by atoms with van der Waals surface area (Å²) in [4.78, 5) is 0. The molecule has 0 aliphatic carbocycles. The smallest absolute Gasteiger partial charge is 0.115 e. The number of halogens is 1. The molecule has 0 unspecified atom stereocenters. The number of phenolic OH excluding ortho intramolecular Hbond substituents is 1. The van der Waals surface area contributed by atoms with Crippen molar-refractivity contribution in [1.29, 1.82) is 0 Å². The highest BCUT2D eigenvalue weighted by Gasteiger charge is 2.04. The van der Waals surface area contributed by atoms with Crippen LogP contribution in [0.4, 0.5) is 0 Å². The number of aromatic hydroxyl groups is 1. The summed E-state index contributed by atoms with van der Waals surface area (Å²) < 4.78 is 0.921. The SMILES string of the molecule is C=C(Br)CN[C@@H](C)c1cccc(O)c1. The number of phenols is 1. The standard InChI is InChI=1S/C11H14BrNO/c1-8(12)7-13-9(2)10-4-3-5-11(14)6-10/h3-6,9,13-14H,1,7H2,2H3/t9-/m0/s1. The first-order valence-corrected chi connectivity index (χ1v) is 5.24. The van der Waals surface area contributed by atoms with E-state index in [1.807, 2.05) is 19.1 Å². The Kier molecular flexibility index (Phi) is 4.17. The Hall–Kier alpha value is -0.800. The van der Waals surface area contributed by atoms with Crippen LogP contribution in [-0.2, 0) is 0 Å². The number of benzene rings is 1. The van der Waals surface area contributed by atoms with Crippen LogP contribution in [0.2, 0.25) is 0 Å². The normalized spacial score (nSPS) is 12.4. The lowest BCUT2D eigenvalue weighted by Gasteiger charge is -2.13. The summed E-state index contributed by atoms with van der Waals surface area (Å²) >= 11 is 3.28. The summed E-state index contributed by atoms with van der Waals surface area (Å²) in [5.41, 5.74) is 1.07. The van der Waals surface area contributed by atoms with E-state index < -0.39 is 0 Å². The first-order chi connectivity index (χ1) is 6.59. The second kappa shape index (κ2) is 5.17. The summed E-state index contributed by atoms with van der Waals surface area (Å²) in [5, 5.41) is 12.6. The van der Waals surface area contributed by atoms with Crippen molar-refractivity contribution in [3.63, 3.8) is 0 Å². The van der Waals surface area contributed by atoms with Crippen molar-refractivity contribution in [3.05, 3.63) is 40.9 Å². The minimum atomic E-state index is 0.205. The van der Waals surface area contributed by atoms with Crippen LogP contribution in [0.25, 0.3) is 0 Å². The molecule has 0 saturated heterocycles. The van der Waals surface area contributed by atoms with Crippen molar-refractivity contribution in [1.82, 2.24) is 5.32 Å². The molecule has 76 valence electrons. The topological polar surface area (TPSA) is 32.3 Å². The maximum absolute atomic E-state index is 9.28. The number of hydrogen-bond donors (Lipinski definition) is 2. The van der Waals surface area contributed by atoms with Gasteiger partial charge in [0.2, 0.25) is 0 Å². The summed E-state index contributed by atoms with van der Waals surface area (Å²) in [6.07, 6.45) is 0. The molecule has 2 nitrogen and oxygen atoms in total. The van der Waals surface area contributed by atoms with Gasteiger partial charge in [-0.2, -0.15) is 0 Å². The minimum absolute atomic E-state index is 0.205. The molecule has 1 rings (SSSR count). The van der Waals surface area contributed by atoms with Crippen LogP contribution in [0.15, 0.2) is 35.3 Å². The zero-order chi connectivity index (χ0) is 10.6. The third-order valence-corrected chi connectivity index (χ3v) is 2.25. The van der Waals surface area contributed by atoms with Crippen molar-refractivity contribution in [2.45, 2.75) is 13.0 Å². The molecule has 1 atom stereocenters. The van der Waals surface area contributed by atoms with Gasteiger partial charge in [-0.3, -0.25) is 0 Å². The van der Waals surface area contributed by atoms with Gasteiger partial charge in [0.15, 0.2) is 0 Å². The highest BCUT2D eigenvalue weighted by atomic mass is 79.9. The molecule has 1 aromatic carbocycles. The van der Waals surface area contributed by atoms with Crippen LogP contribution in [-0.4, -0.2) is 11.7 Å². The lowest BCUT2D eigenvalue weighted by Crippen LogP contribution is -2.19. The number of hydrogen-bond acceptors (Lipinski definition) is 2. The van der Waals surface area contributed by atoms with E-state index in [0.29, 0.717) is 5.75 Å². The van der Waals surface area contributed by atoms with E-state index in [0.717, 1.165) is 16.6 Å². The van der Waals surface area contributed by atoms with Crippen molar-refractivity contribution in [2.24, 2.45) is 0 Å². The fourth-order valence-corrected chi connectivity index (χ4v) is 1.34. The molecular weight excluding hydrogens is 242 g/mol. The molecule has 0 aliphatic heterocycles. The Morgan fingerprint density at radius 1 is 1.64 bits per heavy atom. The minimum Gasteiger partial charge on any atom is -0.508 e. The highest BCUT2D eigenvalue weighted by Crippen LogP contribution is 2.17. The molecule has 14 heavy (non-hydrogen) atoms. The monoisotopic (exact) mass is 255 g/mol. The van der Waals surface area contributed by atoms with Gasteiger partial charge in [-0.05, 0) is 24.6 Å². The maximum atomic E-state index is 9.28. The number of rotatable bonds is 4. The Balaban J connectivity index is 2.60. The summed E-state index contributed by atoms with van der Waals surface area (Å²) in [6.45, 7) is 6.51. The number of nitrogens with one attached hydrogen (secondary N) is 1. The second-order valence-electron chi connectivity index (χ2n) is 3.21. The fourth-order valence-electron chi connectivity index (χ4n) is 1.18. The van der Waals surface area contributed by atoms with Crippen molar-refractivity contribution < 1.29 is 5.11 Å². The molecule has 0 bridgehead atoms. The Labute approximate surface area is 92.8 Å². The average molecular weight is 256 g/mol. The molecule has 2 N–H and O–H groups in total. The third kappa shape index (κ3) is 3.52. The van der Waals surface area contributed by atoms with Gasteiger partial charge in [-0.1, -0.05) is 34.6 Å². The van der Waals surface area contributed by atoms with E-state index in [9.17, 15) is 5.11 Å². The Morgan fingerprint density at radius 3 is 2.93 bits per heavy atom. The zero-order valence-corrected chi connectivity index (χ0v) is 9.71. The van der Waals surface area contributed by atoms with Crippen molar-refractivity contribution in [2.75, 3.05) is 6.54 Å². The molecule has 0 radical (unpaired) electrons. The molecule has 0 saturated carbocycles. The van der Waals surface area contributed by atoms with Gasteiger partial charge >= 0.3 is 0 Å². The van der Waals surface area contributed by atoms with Crippen molar-refractivity contribution in [3.8, 4) is 5.75 Å². The highest BCUT2D eigenvalue weighted by molar-refractivity contribution is 9.11. The van der Waals surface area contributed by atoms with Crippen molar-refractivity contribution >= 4 is 15.9 Å². The quantitative estimate of drug-likeness (QED) is 0.868. The summed E-state index contributed by atoms with van der Waals surface area (Å²) in [6, 6.07) is 7.45. The lowest BCUT2D eigenvalue weighted by atomic mass is 10.1. The summed E-state index contributed by atoms with van der Waals surface area (Å²) in [5.74, 6) is 0.300. The molecule has 0 amide bonds. The van der Waals surface area contributed by atoms with Gasteiger partial charge in [-0.15, -0.1) is 0 Å². The molecule has 1 aromatic rings. The van der Waals surface area contributed by atoms with Gasteiger partial charge in [0.25, 0.3) is 0 Å². The second-order valence-corrected chi connectivity index (χ2v) is 4.34. The van der Waals surface area contributed by atoms with Crippen LogP contribution in [0.3, 0.4) is 0 Å². The van der Waals surface area contributed by atoms with Crippen LogP contribution in [0, 0.1) is 0 Å². The van der Waals surface area contributed by atoms with E-state index in [1.165, 1.54) is 0 Å². The molecule has 0 heterocycles. The summed E-state index contributed by atoms with van der Waals surface area (Å²) in [7, 11) is 0. The van der Waals surface area contributed by atoms with Crippen LogP contribution < -0.4 is 5.32 Å². The van der Waals surface area contributed by atoms with Gasteiger partial charge in [-0.25, -0.2) is 0 Å². The van der Waals surface area contributed by atoms with Gasteiger partial charge in [0.05, 0.1) is 0 Å². The van der Waals surface area contributed by atoms with E-state index in [-0.39, 0.29) is 6.04 Å². The first-order valence-electron chi connectivity index (χ1n) is 4.45. The predicted octanol–water partition coefficient (Wildman–Crippen LogP) is 2.95. The zero-order valence-electron chi connectivity index (χ0n) is 8.13. The first kappa shape index (κ1) is 11.3. The van der Waals surface area contributed by atoms with Crippen LogP contribution in [0.5, 0.6) is 5.75 Å². The fraction of sp³-hybridized carbons (Fsp3) is 0.273. The van der Waals surface area contributed by atoms with Crippen LogP contribution in [0.1, 0.15) is 18.5 Å². The average Bonchev–Trinajstić information content (AvgIpc) is 2.14. The van der Waals surface area contributed by atoms with Gasteiger partial charge in [0, 0.05) is 17.1 Å². The predicted molar refractivity (Wildman–Crippen MR) is 62.6 cm³/mol. The molecule has 3 heteroatoms. The molecule has 0 fully saturated rings. The van der Waals surface area contributed by atoms with E-state index in [1.54, 1.807) is 12.1 Å². The lowest BCUT2D eigenvalue weighted by molar-refractivity contribution is 0.473. The van der Waals surface area contributed by atoms with Gasteiger partial charge < -0.3 is 10.4 Å². The molecule has 0 aromatic heterocycles. The van der Waals surface area contributed by atoms with E-state index in [4.69, 9.17) is 0 Å². The van der Waals surface area contributed by atoms with E-state index >= 15 is 0 Å². The molecular formula is C11H14BrNO. The molecule has 0 aliphatic rings. The Morgan fingerprint density at radius 2 is 2.36 bits per heavy atom.